The Kier molecular flexibility index (Phi) is 3.69. The van der Waals surface area contributed by atoms with E-state index >= 15 is 0 Å². The number of hydrogen-bond donors (Lipinski definition) is 0. The lowest BCUT2D eigenvalue weighted by atomic mass is 9.60. The molecule has 0 radical (unpaired) electrons. The van der Waals surface area contributed by atoms with Crippen LogP contribution in [-0.4, -0.2) is 44.3 Å². The molecule has 2 aromatic heterocycles. The van der Waals surface area contributed by atoms with Crippen LogP contribution in [-0.2, 0) is 4.74 Å². The summed E-state index contributed by atoms with van der Waals surface area (Å²) in [6.07, 6.45) is 5.11. The zero-order chi connectivity index (χ0) is 17.1. The lowest BCUT2D eigenvalue weighted by molar-refractivity contribution is 0.0229. The van der Waals surface area contributed by atoms with Crippen LogP contribution in [0.5, 0.6) is 0 Å². The topological polar surface area (TPSA) is 59.7 Å². The van der Waals surface area contributed by atoms with E-state index in [0.717, 1.165) is 46.9 Å². The minimum Gasteiger partial charge on any atom is -0.444 e. The van der Waals surface area contributed by atoms with Gasteiger partial charge in [-0.2, -0.15) is 0 Å². The summed E-state index contributed by atoms with van der Waals surface area (Å²) in [7, 11) is 0. The van der Waals surface area contributed by atoms with Crippen LogP contribution in [0, 0.1) is 5.41 Å². The van der Waals surface area contributed by atoms with Crippen molar-refractivity contribution >= 4 is 38.3 Å². The first-order chi connectivity index (χ1) is 11.2. The van der Waals surface area contributed by atoms with Crippen LogP contribution >= 0.6 is 27.3 Å². The third kappa shape index (κ3) is 2.94. The molecule has 0 atom stereocenters. The molecule has 0 aromatic carbocycles. The normalized spacial score (nSPS) is 27.0. The van der Waals surface area contributed by atoms with Crippen molar-refractivity contribution in [3.05, 3.63) is 15.8 Å². The van der Waals surface area contributed by atoms with Crippen molar-refractivity contribution in [1.29, 1.82) is 0 Å². The molecule has 1 aliphatic heterocycles. The Bertz CT molecular complexity index is 756. The second-order valence-corrected chi connectivity index (χ2v) is 10.2. The maximum Gasteiger partial charge on any atom is 0.410 e. The molecule has 1 saturated heterocycles. The van der Waals surface area contributed by atoms with Crippen molar-refractivity contribution in [3.63, 3.8) is 0 Å². The average molecular weight is 413 g/mol. The molecular weight excluding hydrogens is 392 g/mol. The summed E-state index contributed by atoms with van der Waals surface area (Å²) in [4.78, 5) is 19.7. The Morgan fingerprint density at radius 3 is 2.88 bits per heavy atom. The number of likely N-dealkylation sites (tertiary alicyclic amines) is 1. The van der Waals surface area contributed by atoms with Crippen LogP contribution in [0.4, 0.5) is 4.79 Å². The first kappa shape index (κ1) is 16.3. The van der Waals surface area contributed by atoms with Gasteiger partial charge in [-0.15, -0.1) is 5.10 Å². The van der Waals surface area contributed by atoms with E-state index in [0.29, 0.717) is 5.92 Å². The number of ether oxygens (including phenoxy) is 1. The highest BCUT2D eigenvalue weighted by Gasteiger charge is 2.51. The Morgan fingerprint density at radius 2 is 2.21 bits per heavy atom. The van der Waals surface area contributed by atoms with Crippen LogP contribution in [0.1, 0.15) is 51.6 Å². The van der Waals surface area contributed by atoms with Crippen molar-refractivity contribution in [2.75, 3.05) is 13.1 Å². The van der Waals surface area contributed by atoms with Crippen molar-refractivity contribution in [2.24, 2.45) is 5.41 Å². The Labute approximate surface area is 153 Å². The van der Waals surface area contributed by atoms with E-state index in [1.807, 2.05) is 36.4 Å². The number of aromatic nitrogens is 3. The zero-order valence-corrected chi connectivity index (χ0v) is 16.5. The molecule has 24 heavy (non-hydrogen) atoms. The summed E-state index contributed by atoms with van der Waals surface area (Å²) in [5.74, 6) is 0.483. The minimum absolute atomic E-state index is 0.181. The number of carbonyl (C=O) groups is 1. The standard InChI is InChI=1S/C16H21BrN4O2S/c1-15(2,3)23-14(22)20-5-4-16(9-20)6-10(7-16)11-8-21-13(18-11)24-12(17)19-21/h8,10H,4-7,9H2,1-3H3. The van der Waals surface area contributed by atoms with Gasteiger partial charge in [-0.25, -0.2) is 14.3 Å². The van der Waals surface area contributed by atoms with Gasteiger partial charge in [0, 0.05) is 19.0 Å². The molecule has 0 unspecified atom stereocenters. The number of nitrogens with zero attached hydrogens (tertiary/aromatic N) is 4. The third-order valence-electron chi connectivity index (χ3n) is 4.90. The van der Waals surface area contributed by atoms with Gasteiger partial charge >= 0.3 is 6.09 Å². The molecule has 1 spiro atoms. The van der Waals surface area contributed by atoms with Gasteiger partial charge in [0.15, 0.2) is 3.92 Å². The molecule has 2 fully saturated rings. The van der Waals surface area contributed by atoms with E-state index in [-0.39, 0.29) is 11.5 Å². The number of imidazole rings is 1. The van der Waals surface area contributed by atoms with Crippen molar-refractivity contribution in [2.45, 2.75) is 51.6 Å². The van der Waals surface area contributed by atoms with Gasteiger partial charge < -0.3 is 9.64 Å². The van der Waals surface area contributed by atoms with Crippen molar-refractivity contribution < 1.29 is 9.53 Å². The molecule has 2 aromatic rings. The summed E-state index contributed by atoms with van der Waals surface area (Å²) < 4.78 is 8.19. The van der Waals surface area contributed by atoms with Gasteiger partial charge in [0.05, 0.1) is 11.9 Å². The quantitative estimate of drug-likeness (QED) is 0.708. The molecule has 3 heterocycles. The fourth-order valence-electron chi connectivity index (χ4n) is 3.83. The zero-order valence-electron chi connectivity index (χ0n) is 14.1. The average Bonchev–Trinajstić information content (AvgIpc) is 3.05. The summed E-state index contributed by atoms with van der Waals surface area (Å²) >= 11 is 4.93. The van der Waals surface area contributed by atoms with E-state index in [4.69, 9.17) is 9.72 Å². The maximum atomic E-state index is 12.2. The molecule has 1 amide bonds. The molecule has 0 bridgehead atoms. The third-order valence-corrected chi connectivity index (χ3v) is 6.26. The Balaban J connectivity index is 1.38. The molecule has 1 saturated carbocycles. The minimum atomic E-state index is -0.432. The van der Waals surface area contributed by atoms with Gasteiger partial charge in [0.2, 0.25) is 4.96 Å². The molecule has 2 aliphatic rings. The monoisotopic (exact) mass is 412 g/mol. The van der Waals surface area contributed by atoms with Crippen molar-refractivity contribution in [1.82, 2.24) is 19.5 Å². The molecule has 1 aliphatic carbocycles. The largest absolute Gasteiger partial charge is 0.444 e. The summed E-state index contributed by atoms with van der Waals surface area (Å²) in [6.45, 7) is 7.34. The SMILES string of the molecule is CC(C)(C)OC(=O)N1CCC2(CC(c3cn4nc(Br)sc4n3)C2)C1. The first-order valence-electron chi connectivity index (χ1n) is 8.23. The second kappa shape index (κ2) is 5.42. The van der Waals surface area contributed by atoms with E-state index in [9.17, 15) is 4.79 Å². The number of amides is 1. The molecule has 0 N–H and O–H groups in total. The number of rotatable bonds is 1. The fraction of sp³-hybridized carbons (Fsp3) is 0.688. The molecule has 8 heteroatoms. The predicted molar refractivity (Wildman–Crippen MR) is 95.4 cm³/mol. The number of carbonyl (C=O) groups excluding carboxylic acids is 1. The van der Waals surface area contributed by atoms with E-state index in [1.165, 1.54) is 0 Å². The van der Waals surface area contributed by atoms with Gasteiger partial charge in [-0.3, -0.25) is 0 Å². The van der Waals surface area contributed by atoms with E-state index in [1.54, 1.807) is 11.3 Å². The predicted octanol–water partition coefficient (Wildman–Crippen LogP) is 4.06. The van der Waals surface area contributed by atoms with Crippen molar-refractivity contribution in [3.8, 4) is 0 Å². The highest BCUT2D eigenvalue weighted by Crippen LogP contribution is 2.55. The van der Waals surface area contributed by atoms with Crippen LogP contribution in [0.2, 0.25) is 0 Å². The molecule has 4 rings (SSSR count). The summed E-state index contributed by atoms with van der Waals surface area (Å²) in [6, 6.07) is 0. The smallest absolute Gasteiger partial charge is 0.410 e. The van der Waals surface area contributed by atoms with E-state index in [2.05, 4.69) is 21.0 Å². The summed E-state index contributed by atoms with van der Waals surface area (Å²) in [5.41, 5.74) is 0.952. The second-order valence-electron chi connectivity index (χ2n) is 8.00. The number of fused-ring (bicyclic) bond motifs is 1. The number of halogens is 1. The fourth-order valence-corrected chi connectivity index (χ4v) is 5.06. The van der Waals surface area contributed by atoms with Crippen LogP contribution in [0.25, 0.3) is 4.96 Å². The maximum absolute atomic E-state index is 12.2. The van der Waals surface area contributed by atoms with Gasteiger partial charge in [0.1, 0.15) is 5.60 Å². The Morgan fingerprint density at radius 1 is 1.46 bits per heavy atom. The van der Waals surface area contributed by atoms with Gasteiger partial charge in [0.25, 0.3) is 0 Å². The number of hydrogen-bond acceptors (Lipinski definition) is 5. The van der Waals surface area contributed by atoms with Crippen LogP contribution in [0.15, 0.2) is 10.1 Å². The molecular formula is C16H21BrN4O2S. The highest BCUT2D eigenvalue weighted by atomic mass is 79.9. The van der Waals surface area contributed by atoms with Gasteiger partial charge in [-0.05, 0) is 61.4 Å². The van der Waals surface area contributed by atoms with E-state index < -0.39 is 5.60 Å². The summed E-state index contributed by atoms with van der Waals surface area (Å²) in [5, 5.41) is 4.35. The molecule has 130 valence electrons. The lowest BCUT2D eigenvalue weighted by Crippen LogP contribution is -2.41. The lowest BCUT2D eigenvalue weighted by Gasteiger charge is -2.44. The Hall–Kier alpha value is -1.15. The highest BCUT2D eigenvalue weighted by molar-refractivity contribution is 9.11. The first-order valence-corrected chi connectivity index (χ1v) is 9.84. The van der Waals surface area contributed by atoms with Crippen LogP contribution in [0.3, 0.4) is 0 Å². The van der Waals surface area contributed by atoms with Crippen LogP contribution < -0.4 is 0 Å². The van der Waals surface area contributed by atoms with Gasteiger partial charge in [-0.1, -0.05) is 11.3 Å². The molecule has 6 nitrogen and oxygen atoms in total.